The highest BCUT2D eigenvalue weighted by Gasteiger charge is 2.34. The number of hydrogen-bond acceptors (Lipinski definition) is 2. The standard InChI is InChI=1S/C13H25NO2/c1-4-11-7-6-8-14(9-11)10-13(3,5-2)12(15)16/h11H,4-10H2,1-3H3,(H,15,16). The molecule has 0 aromatic rings. The summed E-state index contributed by atoms with van der Waals surface area (Å²) in [5.74, 6) is 0.109. The van der Waals surface area contributed by atoms with E-state index >= 15 is 0 Å². The van der Waals surface area contributed by atoms with Crippen molar-refractivity contribution in [3.63, 3.8) is 0 Å². The molecule has 0 spiro atoms. The number of carboxylic acids is 1. The Labute approximate surface area is 98.8 Å². The van der Waals surface area contributed by atoms with Crippen LogP contribution >= 0.6 is 0 Å². The fourth-order valence-electron chi connectivity index (χ4n) is 2.45. The van der Waals surface area contributed by atoms with E-state index in [4.69, 9.17) is 0 Å². The first-order valence-electron chi connectivity index (χ1n) is 6.47. The zero-order chi connectivity index (χ0) is 12.2. The Kier molecular flexibility index (Phi) is 4.78. The maximum Gasteiger partial charge on any atom is 0.310 e. The van der Waals surface area contributed by atoms with Crippen molar-refractivity contribution >= 4 is 5.97 Å². The molecule has 1 rings (SSSR count). The van der Waals surface area contributed by atoms with Crippen LogP contribution in [-0.2, 0) is 4.79 Å². The van der Waals surface area contributed by atoms with E-state index in [1.807, 2.05) is 13.8 Å². The molecule has 0 amide bonds. The summed E-state index contributed by atoms with van der Waals surface area (Å²) in [4.78, 5) is 13.6. The largest absolute Gasteiger partial charge is 0.481 e. The molecule has 0 aromatic carbocycles. The van der Waals surface area contributed by atoms with Crippen LogP contribution in [0.25, 0.3) is 0 Å². The van der Waals surface area contributed by atoms with E-state index in [1.54, 1.807) is 0 Å². The Hall–Kier alpha value is -0.570. The Morgan fingerprint density at radius 1 is 1.50 bits per heavy atom. The quantitative estimate of drug-likeness (QED) is 0.785. The number of hydrogen-bond donors (Lipinski definition) is 1. The van der Waals surface area contributed by atoms with Gasteiger partial charge in [-0.15, -0.1) is 0 Å². The highest BCUT2D eigenvalue weighted by Crippen LogP contribution is 2.26. The number of nitrogens with zero attached hydrogens (tertiary/aromatic N) is 1. The molecule has 1 aliphatic heterocycles. The van der Waals surface area contributed by atoms with Gasteiger partial charge in [-0.3, -0.25) is 4.79 Å². The summed E-state index contributed by atoms with van der Waals surface area (Å²) >= 11 is 0. The lowest BCUT2D eigenvalue weighted by atomic mass is 9.85. The molecular weight excluding hydrogens is 202 g/mol. The van der Waals surface area contributed by atoms with Gasteiger partial charge in [0.1, 0.15) is 0 Å². The highest BCUT2D eigenvalue weighted by atomic mass is 16.4. The lowest BCUT2D eigenvalue weighted by Crippen LogP contribution is -2.45. The van der Waals surface area contributed by atoms with Crippen molar-refractivity contribution in [1.82, 2.24) is 4.90 Å². The Morgan fingerprint density at radius 3 is 2.69 bits per heavy atom. The molecule has 1 saturated heterocycles. The third kappa shape index (κ3) is 3.21. The van der Waals surface area contributed by atoms with Crippen LogP contribution in [0.3, 0.4) is 0 Å². The van der Waals surface area contributed by atoms with Crippen LogP contribution < -0.4 is 0 Å². The fourth-order valence-corrected chi connectivity index (χ4v) is 2.45. The van der Waals surface area contributed by atoms with Gasteiger partial charge < -0.3 is 10.0 Å². The lowest BCUT2D eigenvalue weighted by molar-refractivity contribution is -0.149. The molecule has 1 fully saturated rings. The van der Waals surface area contributed by atoms with E-state index in [0.717, 1.165) is 19.0 Å². The van der Waals surface area contributed by atoms with Gasteiger partial charge in [-0.05, 0) is 38.6 Å². The molecule has 3 nitrogen and oxygen atoms in total. The second-order valence-electron chi connectivity index (χ2n) is 5.37. The molecule has 1 heterocycles. The fraction of sp³-hybridized carbons (Fsp3) is 0.923. The third-order valence-corrected chi connectivity index (χ3v) is 4.05. The van der Waals surface area contributed by atoms with Crippen molar-refractivity contribution in [2.75, 3.05) is 19.6 Å². The van der Waals surface area contributed by atoms with Gasteiger partial charge >= 0.3 is 5.97 Å². The van der Waals surface area contributed by atoms with E-state index in [-0.39, 0.29) is 0 Å². The topological polar surface area (TPSA) is 40.5 Å². The Morgan fingerprint density at radius 2 is 2.19 bits per heavy atom. The molecule has 16 heavy (non-hydrogen) atoms. The van der Waals surface area contributed by atoms with Gasteiger partial charge in [-0.1, -0.05) is 20.3 Å². The summed E-state index contributed by atoms with van der Waals surface area (Å²) in [7, 11) is 0. The Bertz CT molecular complexity index is 242. The van der Waals surface area contributed by atoms with Gasteiger partial charge in [0.05, 0.1) is 5.41 Å². The van der Waals surface area contributed by atoms with Gasteiger partial charge in [-0.25, -0.2) is 0 Å². The second kappa shape index (κ2) is 5.67. The summed E-state index contributed by atoms with van der Waals surface area (Å²) in [6.45, 7) is 8.92. The smallest absolute Gasteiger partial charge is 0.310 e. The molecule has 2 unspecified atom stereocenters. The first-order valence-corrected chi connectivity index (χ1v) is 6.47. The predicted octanol–water partition coefficient (Wildman–Crippen LogP) is 2.61. The molecule has 1 aliphatic rings. The molecule has 2 atom stereocenters. The van der Waals surface area contributed by atoms with Crippen LogP contribution in [0, 0.1) is 11.3 Å². The second-order valence-corrected chi connectivity index (χ2v) is 5.37. The Balaban J connectivity index is 2.55. The van der Waals surface area contributed by atoms with E-state index in [1.165, 1.54) is 19.3 Å². The highest BCUT2D eigenvalue weighted by molar-refractivity contribution is 5.74. The van der Waals surface area contributed by atoms with Crippen LogP contribution in [0.15, 0.2) is 0 Å². The molecule has 0 radical (unpaired) electrons. The summed E-state index contributed by atoms with van der Waals surface area (Å²) in [6.07, 6.45) is 4.45. The van der Waals surface area contributed by atoms with E-state index < -0.39 is 11.4 Å². The first-order chi connectivity index (χ1) is 7.51. The van der Waals surface area contributed by atoms with Crippen molar-refractivity contribution in [2.24, 2.45) is 11.3 Å². The average molecular weight is 227 g/mol. The number of carboxylic acid groups (broad SMARTS) is 1. The van der Waals surface area contributed by atoms with Gasteiger partial charge in [0.2, 0.25) is 0 Å². The molecule has 0 bridgehead atoms. The minimum Gasteiger partial charge on any atom is -0.481 e. The summed E-state index contributed by atoms with van der Waals surface area (Å²) in [6, 6.07) is 0. The van der Waals surface area contributed by atoms with Crippen molar-refractivity contribution < 1.29 is 9.90 Å². The molecule has 1 N–H and O–H groups in total. The lowest BCUT2D eigenvalue weighted by Gasteiger charge is -2.37. The van der Waals surface area contributed by atoms with Crippen LogP contribution in [-0.4, -0.2) is 35.6 Å². The van der Waals surface area contributed by atoms with Gasteiger partial charge in [0, 0.05) is 13.1 Å². The normalized spacial score (nSPS) is 26.3. The number of rotatable bonds is 5. The molecule has 94 valence electrons. The van der Waals surface area contributed by atoms with Crippen LogP contribution in [0.5, 0.6) is 0 Å². The van der Waals surface area contributed by atoms with Crippen LogP contribution in [0.4, 0.5) is 0 Å². The molecule has 3 heteroatoms. The van der Waals surface area contributed by atoms with Crippen molar-refractivity contribution in [2.45, 2.75) is 46.5 Å². The number of likely N-dealkylation sites (tertiary alicyclic amines) is 1. The first kappa shape index (κ1) is 13.5. The molecule has 0 saturated carbocycles. The van der Waals surface area contributed by atoms with Crippen molar-refractivity contribution in [3.8, 4) is 0 Å². The van der Waals surface area contributed by atoms with Gasteiger partial charge in [-0.2, -0.15) is 0 Å². The third-order valence-electron chi connectivity index (χ3n) is 4.05. The minimum absolute atomic E-state index is 0.574. The summed E-state index contributed by atoms with van der Waals surface area (Å²) in [5.41, 5.74) is -0.574. The average Bonchev–Trinajstić information content (AvgIpc) is 2.29. The molecule has 0 aromatic heterocycles. The van der Waals surface area contributed by atoms with Gasteiger partial charge in [0.25, 0.3) is 0 Å². The minimum atomic E-state index is -0.659. The zero-order valence-electron chi connectivity index (χ0n) is 10.8. The number of carbonyl (C=O) groups is 1. The molecular formula is C13H25NO2. The maximum absolute atomic E-state index is 11.3. The van der Waals surface area contributed by atoms with E-state index in [0.29, 0.717) is 13.0 Å². The SMILES string of the molecule is CCC1CCCN(CC(C)(CC)C(=O)O)C1. The van der Waals surface area contributed by atoms with E-state index in [9.17, 15) is 9.90 Å². The molecule has 0 aliphatic carbocycles. The zero-order valence-corrected chi connectivity index (χ0v) is 10.8. The number of aliphatic carboxylic acids is 1. The van der Waals surface area contributed by atoms with Crippen LogP contribution in [0.2, 0.25) is 0 Å². The van der Waals surface area contributed by atoms with Crippen molar-refractivity contribution in [1.29, 1.82) is 0 Å². The maximum atomic E-state index is 11.3. The summed E-state index contributed by atoms with van der Waals surface area (Å²) in [5, 5.41) is 9.26. The van der Waals surface area contributed by atoms with Crippen molar-refractivity contribution in [3.05, 3.63) is 0 Å². The monoisotopic (exact) mass is 227 g/mol. The van der Waals surface area contributed by atoms with E-state index in [2.05, 4.69) is 11.8 Å². The predicted molar refractivity (Wildman–Crippen MR) is 65.5 cm³/mol. The van der Waals surface area contributed by atoms with Crippen LogP contribution in [0.1, 0.15) is 46.5 Å². The summed E-state index contributed by atoms with van der Waals surface area (Å²) < 4.78 is 0. The van der Waals surface area contributed by atoms with Gasteiger partial charge in [0.15, 0.2) is 0 Å². The number of piperidine rings is 1.